The fraction of sp³-hybridized carbons (Fsp3) is 0.462. The minimum absolute atomic E-state index is 0.318. The summed E-state index contributed by atoms with van der Waals surface area (Å²) in [6.07, 6.45) is 0. The number of hydrogen-bond donors (Lipinski definition) is 2. The lowest BCUT2D eigenvalue weighted by atomic mass is 9.94. The third kappa shape index (κ3) is 3.55. The van der Waals surface area contributed by atoms with Gasteiger partial charge in [-0.1, -0.05) is 0 Å². The molecule has 0 unspecified atom stereocenters. The van der Waals surface area contributed by atoms with E-state index in [0.717, 1.165) is 5.69 Å². The van der Waals surface area contributed by atoms with Crippen LogP contribution in [0.2, 0.25) is 0 Å². The maximum Gasteiger partial charge on any atom is 0.310 e. The van der Waals surface area contributed by atoms with Crippen molar-refractivity contribution in [2.45, 2.75) is 13.8 Å². The van der Waals surface area contributed by atoms with E-state index < -0.39 is 11.4 Å². The van der Waals surface area contributed by atoms with Crippen LogP contribution in [0, 0.1) is 5.41 Å². The largest absolute Gasteiger partial charge is 0.497 e. The molecule has 1 aromatic rings. The molecule has 0 saturated heterocycles. The highest BCUT2D eigenvalue weighted by Crippen LogP contribution is 2.26. The maximum absolute atomic E-state index is 11.0. The average Bonchev–Trinajstić information content (AvgIpc) is 2.35. The molecule has 2 N–H and O–H groups in total. The van der Waals surface area contributed by atoms with Gasteiger partial charge in [-0.2, -0.15) is 0 Å². The summed E-state index contributed by atoms with van der Waals surface area (Å²) in [5, 5.41) is 12.1. The number of nitrogens with one attached hydrogen (secondary N) is 1. The van der Waals surface area contributed by atoms with Crippen LogP contribution >= 0.6 is 0 Å². The van der Waals surface area contributed by atoms with Gasteiger partial charge in [-0.05, 0) is 13.8 Å². The van der Waals surface area contributed by atoms with Crippen LogP contribution in [0.25, 0.3) is 0 Å². The summed E-state index contributed by atoms with van der Waals surface area (Å²) < 4.78 is 10.3. The molecular formula is C13H19NO4. The predicted molar refractivity (Wildman–Crippen MR) is 69.5 cm³/mol. The minimum atomic E-state index is -0.843. The Kier molecular flexibility index (Phi) is 4.42. The molecule has 5 nitrogen and oxygen atoms in total. The molecule has 0 fully saturated rings. The van der Waals surface area contributed by atoms with Crippen LogP contribution < -0.4 is 14.8 Å². The third-order valence-electron chi connectivity index (χ3n) is 2.66. The van der Waals surface area contributed by atoms with E-state index >= 15 is 0 Å². The van der Waals surface area contributed by atoms with E-state index in [9.17, 15) is 4.79 Å². The van der Waals surface area contributed by atoms with Crippen LogP contribution in [0.5, 0.6) is 11.5 Å². The van der Waals surface area contributed by atoms with Gasteiger partial charge in [0.25, 0.3) is 0 Å². The summed E-state index contributed by atoms with van der Waals surface area (Å²) in [6, 6.07) is 5.34. The zero-order valence-corrected chi connectivity index (χ0v) is 11.1. The Labute approximate surface area is 107 Å². The molecule has 0 aliphatic rings. The number of rotatable bonds is 6. The summed E-state index contributed by atoms with van der Waals surface area (Å²) in [4.78, 5) is 11.0. The number of carboxylic acid groups (broad SMARTS) is 1. The summed E-state index contributed by atoms with van der Waals surface area (Å²) in [7, 11) is 3.14. The molecule has 0 amide bonds. The minimum Gasteiger partial charge on any atom is -0.497 e. The first kappa shape index (κ1) is 14.2. The number of hydrogen-bond acceptors (Lipinski definition) is 4. The SMILES string of the molecule is COc1cc(NCC(C)(C)C(=O)O)cc(OC)c1. The number of carbonyl (C=O) groups is 1. The highest BCUT2D eigenvalue weighted by Gasteiger charge is 2.26. The van der Waals surface area contributed by atoms with Gasteiger partial charge in [0.1, 0.15) is 11.5 Å². The Morgan fingerprint density at radius 1 is 1.22 bits per heavy atom. The van der Waals surface area contributed by atoms with Gasteiger partial charge in [0.15, 0.2) is 0 Å². The molecule has 0 bridgehead atoms. The van der Waals surface area contributed by atoms with Crippen LogP contribution in [0.4, 0.5) is 5.69 Å². The molecule has 0 spiro atoms. The molecular weight excluding hydrogens is 234 g/mol. The van der Waals surface area contributed by atoms with Gasteiger partial charge in [0.2, 0.25) is 0 Å². The predicted octanol–water partition coefficient (Wildman–Crippen LogP) is 2.23. The Morgan fingerprint density at radius 3 is 2.11 bits per heavy atom. The molecule has 0 radical (unpaired) electrons. The van der Waals surface area contributed by atoms with Crippen molar-refractivity contribution >= 4 is 11.7 Å². The molecule has 0 aliphatic heterocycles. The van der Waals surface area contributed by atoms with Gasteiger partial charge in [0, 0.05) is 30.4 Å². The van der Waals surface area contributed by atoms with Gasteiger partial charge in [0.05, 0.1) is 19.6 Å². The van der Waals surface area contributed by atoms with Crippen LogP contribution in [0.15, 0.2) is 18.2 Å². The van der Waals surface area contributed by atoms with Crippen molar-refractivity contribution in [2.75, 3.05) is 26.1 Å². The van der Waals surface area contributed by atoms with Crippen molar-refractivity contribution in [1.82, 2.24) is 0 Å². The van der Waals surface area contributed by atoms with E-state index in [1.807, 2.05) is 0 Å². The van der Waals surface area contributed by atoms with Gasteiger partial charge in [-0.25, -0.2) is 0 Å². The second-order valence-corrected chi connectivity index (χ2v) is 4.64. The van der Waals surface area contributed by atoms with Gasteiger partial charge >= 0.3 is 5.97 Å². The Bertz CT molecular complexity index is 407. The number of carboxylic acids is 1. The number of methoxy groups -OCH3 is 2. The first-order valence-corrected chi connectivity index (χ1v) is 5.59. The van der Waals surface area contributed by atoms with Crippen molar-refractivity contribution in [3.63, 3.8) is 0 Å². The lowest BCUT2D eigenvalue weighted by Gasteiger charge is -2.20. The molecule has 0 aliphatic carbocycles. The normalized spacial score (nSPS) is 10.9. The topological polar surface area (TPSA) is 67.8 Å². The quantitative estimate of drug-likeness (QED) is 0.813. The number of ether oxygens (including phenoxy) is 2. The number of anilines is 1. The lowest BCUT2D eigenvalue weighted by Crippen LogP contribution is -2.31. The smallest absolute Gasteiger partial charge is 0.310 e. The molecule has 100 valence electrons. The highest BCUT2D eigenvalue weighted by molar-refractivity contribution is 5.74. The first-order chi connectivity index (χ1) is 8.39. The average molecular weight is 253 g/mol. The number of benzene rings is 1. The Balaban J connectivity index is 2.81. The van der Waals surface area contributed by atoms with Gasteiger partial charge < -0.3 is 19.9 Å². The standard InChI is InChI=1S/C13H19NO4/c1-13(2,12(15)16)8-14-9-5-10(17-3)7-11(6-9)18-4/h5-7,14H,8H2,1-4H3,(H,15,16). The summed E-state index contributed by atoms with van der Waals surface area (Å²) in [5.41, 5.74) is -0.0726. The molecule has 18 heavy (non-hydrogen) atoms. The van der Waals surface area contributed by atoms with E-state index in [-0.39, 0.29) is 0 Å². The lowest BCUT2D eigenvalue weighted by molar-refractivity contribution is -0.146. The third-order valence-corrected chi connectivity index (χ3v) is 2.66. The van der Waals surface area contributed by atoms with Crippen molar-refractivity contribution in [3.8, 4) is 11.5 Å². The van der Waals surface area contributed by atoms with Crippen LogP contribution in [0.3, 0.4) is 0 Å². The summed E-state index contributed by atoms with van der Waals surface area (Å²) in [5.74, 6) is 0.472. The van der Waals surface area contributed by atoms with E-state index in [1.54, 1.807) is 46.3 Å². The summed E-state index contributed by atoms with van der Waals surface area (Å²) in [6.45, 7) is 3.65. The van der Waals surface area contributed by atoms with Gasteiger partial charge in [-0.3, -0.25) is 4.79 Å². The molecule has 0 heterocycles. The van der Waals surface area contributed by atoms with E-state index in [0.29, 0.717) is 18.0 Å². The maximum atomic E-state index is 11.0. The zero-order valence-electron chi connectivity index (χ0n) is 11.1. The molecule has 0 atom stereocenters. The van der Waals surface area contributed by atoms with Crippen LogP contribution in [-0.4, -0.2) is 31.8 Å². The van der Waals surface area contributed by atoms with Gasteiger partial charge in [-0.15, -0.1) is 0 Å². The van der Waals surface area contributed by atoms with Crippen molar-refractivity contribution < 1.29 is 19.4 Å². The van der Waals surface area contributed by atoms with Crippen LogP contribution in [-0.2, 0) is 4.79 Å². The molecule has 0 saturated carbocycles. The van der Waals surface area contributed by atoms with E-state index in [2.05, 4.69) is 5.32 Å². The Hall–Kier alpha value is -1.91. The van der Waals surface area contributed by atoms with Crippen molar-refractivity contribution in [3.05, 3.63) is 18.2 Å². The van der Waals surface area contributed by atoms with E-state index in [1.165, 1.54) is 0 Å². The molecule has 5 heteroatoms. The van der Waals surface area contributed by atoms with E-state index in [4.69, 9.17) is 14.6 Å². The number of aliphatic carboxylic acids is 1. The first-order valence-electron chi connectivity index (χ1n) is 5.59. The Morgan fingerprint density at radius 2 is 1.72 bits per heavy atom. The second kappa shape index (κ2) is 5.62. The molecule has 0 aromatic heterocycles. The second-order valence-electron chi connectivity index (χ2n) is 4.64. The van der Waals surface area contributed by atoms with Crippen LogP contribution in [0.1, 0.15) is 13.8 Å². The zero-order chi connectivity index (χ0) is 13.8. The van der Waals surface area contributed by atoms with Crippen molar-refractivity contribution in [2.24, 2.45) is 5.41 Å². The molecule has 1 rings (SSSR count). The summed E-state index contributed by atoms with van der Waals surface area (Å²) >= 11 is 0. The fourth-order valence-corrected chi connectivity index (χ4v) is 1.31. The highest BCUT2D eigenvalue weighted by atomic mass is 16.5. The molecule has 1 aromatic carbocycles. The van der Waals surface area contributed by atoms with Crippen molar-refractivity contribution in [1.29, 1.82) is 0 Å². The fourth-order valence-electron chi connectivity index (χ4n) is 1.31. The monoisotopic (exact) mass is 253 g/mol.